The molecule has 1 aromatic carbocycles. The van der Waals surface area contributed by atoms with Gasteiger partial charge in [0.05, 0.1) is 11.1 Å². The van der Waals surface area contributed by atoms with Gasteiger partial charge in [-0.1, -0.05) is 0 Å². The minimum atomic E-state index is -4.64. The zero-order valence-electron chi connectivity index (χ0n) is 10.4. The average Bonchev–Trinajstić information content (AvgIpc) is 2.48. The van der Waals surface area contributed by atoms with E-state index in [1.165, 1.54) is 30.7 Å². The van der Waals surface area contributed by atoms with E-state index in [1.807, 2.05) is 0 Å². The Balaban J connectivity index is 2.16. The Morgan fingerprint density at radius 2 is 1.81 bits per heavy atom. The molecule has 1 aromatic heterocycles. The first-order chi connectivity index (χ1) is 9.91. The van der Waals surface area contributed by atoms with Crippen LogP contribution in [0.4, 0.5) is 14.5 Å². The monoisotopic (exact) mass is 313 g/mol. The summed E-state index contributed by atoms with van der Waals surface area (Å²) in [6.07, 6.45) is 4.00. The molecule has 110 valence electrons. The molecule has 0 radical (unpaired) electrons. The van der Waals surface area contributed by atoms with E-state index in [0.29, 0.717) is 0 Å². The second-order valence-corrected chi connectivity index (χ2v) is 5.79. The Morgan fingerprint density at radius 3 is 2.33 bits per heavy atom. The van der Waals surface area contributed by atoms with Crippen molar-refractivity contribution in [2.24, 2.45) is 0 Å². The minimum Gasteiger partial charge on any atom is -0.321 e. The number of sulfone groups is 1. The molecule has 0 saturated heterocycles. The van der Waals surface area contributed by atoms with E-state index in [0.717, 1.165) is 12.1 Å². The molecule has 0 fully saturated rings. The quantitative estimate of drug-likeness (QED) is 0.928. The lowest BCUT2D eigenvalue weighted by molar-refractivity contribution is 0.102. The zero-order valence-corrected chi connectivity index (χ0v) is 11.2. The fourth-order valence-corrected chi connectivity index (χ4v) is 2.16. The number of rotatable bonds is 4. The normalized spacial score (nSPS) is 11.4. The second kappa shape index (κ2) is 5.92. The molecule has 0 saturated carbocycles. The van der Waals surface area contributed by atoms with Crippen LogP contribution in [-0.4, -0.2) is 30.1 Å². The molecule has 0 aliphatic heterocycles. The van der Waals surface area contributed by atoms with Crippen molar-refractivity contribution in [2.45, 2.75) is 10.7 Å². The summed E-state index contributed by atoms with van der Waals surface area (Å²) in [4.78, 5) is 18.7. The molecule has 2 aromatic rings. The standard InChI is InChI=1S/C12H9F2N3O3S/c13-12(14)21(19,20)9-3-1-8(2-4-9)17-11(18)10-7-15-5-6-16-10/h1-7,12H,(H,17,18). The van der Waals surface area contributed by atoms with E-state index >= 15 is 0 Å². The van der Waals surface area contributed by atoms with Crippen LogP contribution < -0.4 is 5.32 Å². The Morgan fingerprint density at radius 1 is 1.14 bits per heavy atom. The van der Waals surface area contributed by atoms with E-state index in [4.69, 9.17) is 0 Å². The summed E-state index contributed by atoms with van der Waals surface area (Å²) < 4.78 is 47.2. The van der Waals surface area contributed by atoms with Gasteiger partial charge in [0.15, 0.2) is 0 Å². The number of nitrogens with zero attached hydrogens (tertiary/aromatic N) is 2. The van der Waals surface area contributed by atoms with E-state index in [9.17, 15) is 22.0 Å². The second-order valence-electron chi connectivity index (χ2n) is 3.87. The molecule has 6 nitrogen and oxygen atoms in total. The van der Waals surface area contributed by atoms with Crippen molar-refractivity contribution in [2.75, 3.05) is 5.32 Å². The topological polar surface area (TPSA) is 89.0 Å². The number of hydrogen-bond acceptors (Lipinski definition) is 5. The Kier molecular flexibility index (Phi) is 4.22. The van der Waals surface area contributed by atoms with Gasteiger partial charge in [-0.2, -0.15) is 8.78 Å². The SMILES string of the molecule is O=C(Nc1ccc(S(=O)(=O)C(F)F)cc1)c1cnccn1. The highest BCUT2D eigenvalue weighted by Gasteiger charge is 2.26. The van der Waals surface area contributed by atoms with Crippen molar-refractivity contribution in [3.05, 3.63) is 48.5 Å². The number of carbonyl (C=O) groups excluding carboxylic acids is 1. The smallest absolute Gasteiger partial charge is 0.321 e. The van der Waals surface area contributed by atoms with Crippen LogP contribution in [0, 0.1) is 0 Å². The molecule has 0 bridgehead atoms. The van der Waals surface area contributed by atoms with Crippen LogP contribution in [0.15, 0.2) is 47.8 Å². The number of carbonyl (C=O) groups is 1. The van der Waals surface area contributed by atoms with Gasteiger partial charge in [0.1, 0.15) is 5.69 Å². The highest BCUT2D eigenvalue weighted by atomic mass is 32.2. The number of alkyl halides is 2. The summed E-state index contributed by atoms with van der Waals surface area (Å²) in [5, 5.41) is 2.44. The summed E-state index contributed by atoms with van der Waals surface area (Å²) in [6, 6.07) is 4.41. The average molecular weight is 313 g/mol. The van der Waals surface area contributed by atoms with E-state index in [2.05, 4.69) is 15.3 Å². The van der Waals surface area contributed by atoms with Crippen molar-refractivity contribution in [1.82, 2.24) is 9.97 Å². The van der Waals surface area contributed by atoms with Gasteiger partial charge in [-0.25, -0.2) is 13.4 Å². The van der Waals surface area contributed by atoms with E-state index in [-0.39, 0.29) is 11.4 Å². The van der Waals surface area contributed by atoms with Crippen LogP contribution >= 0.6 is 0 Å². The van der Waals surface area contributed by atoms with Crippen LogP contribution in [0.3, 0.4) is 0 Å². The summed E-state index contributed by atoms with van der Waals surface area (Å²) in [6.45, 7) is 0. The number of aromatic nitrogens is 2. The zero-order chi connectivity index (χ0) is 15.5. The molecular weight excluding hydrogens is 304 g/mol. The maximum atomic E-state index is 12.4. The molecule has 1 heterocycles. The van der Waals surface area contributed by atoms with Crippen molar-refractivity contribution in [3.63, 3.8) is 0 Å². The Labute approximate surface area is 118 Å². The lowest BCUT2D eigenvalue weighted by atomic mass is 10.3. The fraction of sp³-hybridized carbons (Fsp3) is 0.0833. The van der Waals surface area contributed by atoms with Gasteiger partial charge in [-0.05, 0) is 24.3 Å². The lowest BCUT2D eigenvalue weighted by Gasteiger charge is -2.06. The fourth-order valence-electron chi connectivity index (χ4n) is 1.44. The molecule has 0 unspecified atom stereocenters. The van der Waals surface area contributed by atoms with Gasteiger partial charge in [0, 0.05) is 18.1 Å². The van der Waals surface area contributed by atoms with E-state index in [1.54, 1.807) is 0 Å². The number of amides is 1. The van der Waals surface area contributed by atoms with E-state index < -0.39 is 26.4 Å². The molecule has 2 rings (SSSR count). The van der Waals surface area contributed by atoms with Gasteiger partial charge in [-0.3, -0.25) is 9.78 Å². The number of anilines is 1. The predicted molar refractivity (Wildman–Crippen MR) is 69.6 cm³/mol. The molecule has 0 aliphatic rings. The molecular formula is C12H9F2N3O3S. The van der Waals surface area contributed by atoms with Crippen molar-refractivity contribution >= 4 is 21.4 Å². The lowest BCUT2D eigenvalue weighted by Crippen LogP contribution is -2.14. The Hall–Kier alpha value is -2.42. The van der Waals surface area contributed by atoms with Crippen LogP contribution in [0.1, 0.15) is 10.5 Å². The van der Waals surface area contributed by atoms with Crippen LogP contribution in [0.5, 0.6) is 0 Å². The number of hydrogen-bond donors (Lipinski definition) is 1. The highest BCUT2D eigenvalue weighted by molar-refractivity contribution is 7.91. The van der Waals surface area contributed by atoms with Gasteiger partial charge in [0.2, 0.25) is 9.84 Å². The van der Waals surface area contributed by atoms with Gasteiger partial charge in [0.25, 0.3) is 5.91 Å². The molecule has 0 atom stereocenters. The summed E-state index contributed by atoms with van der Waals surface area (Å²) in [5.74, 6) is -4.04. The highest BCUT2D eigenvalue weighted by Crippen LogP contribution is 2.20. The molecule has 1 N–H and O–H groups in total. The van der Waals surface area contributed by atoms with Crippen molar-refractivity contribution in [1.29, 1.82) is 0 Å². The predicted octanol–water partition coefficient (Wildman–Crippen LogP) is 1.73. The third-order valence-electron chi connectivity index (χ3n) is 2.47. The maximum Gasteiger partial charge on any atom is 0.341 e. The summed E-state index contributed by atoms with van der Waals surface area (Å²) >= 11 is 0. The maximum absolute atomic E-state index is 12.4. The van der Waals surface area contributed by atoms with Gasteiger partial charge < -0.3 is 5.32 Å². The van der Waals surface area contributed by atoms with Crippen LogP contribution in [0.25, 0.3) is 0 Å². The van der Waals surface area contributed by atoms with Gasteiger partial charge in [-0.15, -0.1) is 0 Å². The van der Waals surface area contributed by atoms with Crippen LogP contribution in [0.2, 0.25) is 0 Å². The van der Waals surface area contributed by atoms with Crippen LogP contribution in [-0.2, 0) is 9.84 Å². The van der Waals surface area contributed by atoms with Crippen molar-refractivity contribution in [3.8, 4) is 0 Å². The van der Waals surface area contributed by atoms with Crippen molar-refractivity contribution < 1.29 is 22.0 Å². The third kappa shape index (κ3) is 3.37. The summed E-state index contributed by atoms with van der Waals surface area (Å²) in [5.41, 5.74) is 0.320. The third-order valence-corrected chi connectivity index (χ3v) is 3.87. The molecule has 9 heteroatoms. The molecule has 1 amide bonds. The minimum absolute atomic E-state index is 0.0711. The first kappa shape index (κ1) is 15.0. The number of halogens is 2. The first-order valence-corrected chi connectivity index (χ1v) is 7.15. The number of benzene rings is 1. The molecule has 0 aliphatic carbocycles. The molecule has 0 spiro atoms. The first-order valence-electron chi connectivity index (χ1n) is 5.61. The van der Waals surface area contributed by atoms with Gasteiger partial charge >= 0.3 is 5.76 Å². The Bertz CT molecular complexity index is 734. The molecule has 21 heavy (non-hydrogen) atoms. The largest absolute Gasteiger partial charge is 0.341 e. The number of nitrogens with one attached hydrogen (secondary N) is 1. The summed E-state index contributed by atoms with van der Waals surface area (Å²) in [7, 11) is -4.64.